The number of nitrogens with zero attached hydrogens (tertiary/aromatic N) is 1. The number of alkyl halides is 1. The second-order valence-corrected chi connectivity index (χ2v) is 6.36. The van der Waals surface area contributed by atoms with E-state index in [0.717, 1.165) is 18.9 Å². The number of rotatable bonds is 1. The van der Waals surface area contributed by atoms with E-state index in [4.69, 9.17) is 0 Å². The van der Waals surface area contributed by atoms with E-state index in [1.807, 2.05) is 0 Å². The number of carbonyl (C=O) groups is 1. The minimum absolute atomic E-state index is 0.0871. The molecule has 1 aliphatic carbocycles. The summed E-state index contributed by atoms with van der Waals surface area (Å²) in [5.41, 5.74) is 0. The molecule has 0 spiro atoms. The molecule has 0 bridgehead atoms. The molecule has 1 heterocycles. The maximum absolute atomic E-state index is 11.9. The summed E-state index contributed by atoms with van der Waals surface area (Å²) in [5, 5.41) is 0. The highest BCUT2D eigenvalue weighted by molar-refractivity contribution is 9.10. The number of likely N-dealkylation sites (tertiary alicyclic amines) is 1. The zero-order chi connectivity index (χ0) is 11.0. The molecule has 0 aromatic carbocycles. The van der Waals surface area contributed by atoms with E-state index in [9.17, 15) is 4.79 Å². The molecule has 4 unspecified atom stereocenters. The monoisotopic (exact) mass is 273 g/mol. The summed E-state index contributed by atoms with van der Waals surface area (Å²) in [6, 6.07) is 0.510. The Bertz CT molecular complexity index is 256. The van der Waals surface area contributed by atoms with Gasteiger partial charge in [0.25, 0.3) is 0 Å². The van der Waals surface area contributed by atoms with Gasteiger partial charge in [-0.1, -0.05) is 29.8 Å². The van der Waals surface area contributed by atoms with Crippen LogP contribution in [0.5, 0.6) is 0 Å². The summed E-state index contributed by atoms with van der Waals surface area (Å²) in [5.74, 6) is 1.84. The molecule has 2 aliphatic rings. The first-order chi connectivity index (χ1) is 7.09. The fourth-order valence-corrected chi connectivity index (χ4v) is 3.58. The van der Waals surface area contributed by atoms with Crippen LogP contribution in [0.25, 0.3) is 0 Å². The molecule has 2 fully saturated rings. The topological polar surface area (TPSA) is 20.3 Å². The Balaban J connectivity index is 2.02. The zero-order valence-electron chi connectivity index (χ0n) is 9.58. The molecule has 86 valence electrons. The van der Waals surface area contributed by atoms with Gasteiger partial charge in [-0.05, 0) is 37.5 Å². The van der Waals surface area contributed by atoms with E-state index in [2.05, 4.69) is 34.7 Å². The minimum Gasteiger partial charge on any atom is -0.338 e. The SMILES string of the molecule is CC1CCC(N2CCC(Br)C2=O)C(C)C1. The first kappa shape index (κ1) is 11.4. The van der Waals surface area contributed by atoms with Crippen LogP contribution in [-0.4, -0.2) is 28.2 Å². The average Bonchev–Trinajstić information content (AvgIpc) is 2.49. The van der Waals surface area contributed by atoms with Crippen LogP contribution in [0.3, 0.4) is 0 Å². The molecule has 0 aromatic heterocycles. The van der Waals surface area contributed by atoms with Gasteiger partial charge in [0, 0.05) is 12.6 Å². The number of hydrogen-bond donors (Lipinski definition) is 0. The summed E-state index contributed by atoms with van der Waals surface area (Å²) in [7, 11) is 0. The highest BCUT2D eigenvalue weighted by Gasteiger charge is 2.38. The average molecular weight is 274 g/mol. The summed E-state index contributed by atoms with van der Waals surface area (Å²) in [6.07, 6.45) is 4.75. The standard InChI is InChI=1S/C12H20BrNO/c1-8-3-4-11(9(2)7-8)14-6-5-10(13)12(14)15/h8-11H,3-7H2,1-2H3. The predicted molar refractivity (Wildman–Crippen MR) is 65.0 cm³/mol. The summed E-state index contributed by atoms with van der Waals surface area (Å²) in [6.45, 7) is 5.58. The van der Waals surface area contributed by atoms with Gasteiger partial charge in [-0.3, -0.25) is 4.79 Å². The van der Waals surface area contributed by atoms with Crippen LogP contribution in [0, 0.1) is 11.8 Å². The van der Waals surface area contributed by atoms with Gasteiger partial charge in [-0.15, -0.1) is 0 Å². The van der Waals surface area contributed by atoms with Crippen molar-refractivity contribution in [1.29, 1.82) is 0 Å². The molecule has 1 saturated carbocycles. The molecular weight excluding hydrogens is 254 g/mol. The van der Waals surface area contributed by atoms with Gasteiger partial charge in [0.1, 0.15) is 0 Å². The Hall–Kier alpha value is -0.0500. The lowest BCUT2D eigenvalue weighted by Gasteiger charge is -2.38. The smallest absolute Gasteiger partial charge is 0.236 e. The number of halogens is 1. The third-order valence-corrected chi connectivity index (χ3v) is 4.81. The van der Waals surface area contributed by atoms with Crippen molar-refractivity contribution >= 4 is 21.8 Å². The highest BCUT2D eigenvalue weighted by Crippen LogP contribution is 2.34. The number of carbonyl (C=O) groups excluding carboxylic acids is 1. The second kappa shape index (κ2) is 4.44. The van der Waals surface area contributed by atoms with Crippen LogP contribution in [0.4, 0.5) is 0 Å². The molecular formula is C12H20BrNO. The maximum atomic E-state index is 11.9. The Morgan fingerprint density at radius 3 is 2.53 bits per heavy atom. The molecule has 3 heteroatoms. The van der Waals surface area contributed by atoms with E-state index >= 15 is 0 Å². The lowest BCUT2D eigenvalue weighted by Crippen LogP contribution is -2.44. The van der Waals surface area contributed by atoms with Crippen molar-refractivity contribution in [2.75, 3.05) is 6.54 Å². The van der Waals surface area contributed by atoms with Gasteiger partial charge in [0.15, 0.2) is 0 Å². The van der Waals surface area contributed by atoms with Crippen molar-refractivity contribution in [2.45, 2.75) is 50.4 Å². The van der Waals surface area contributed by atoms with Crippen LogP contribution >= 0.6 is 15.9 Å². The van der Waals surface area contributed by atoms with Gasteiger partial charge in [-0.2, -0.15) is 0 Å². The van der Waals surface area contributed by atoms with Crippen molar-refractivity contribution in [2.24, 2.45) is 11.8 Å². The maximum Gasteiger partial charge on any atom is 0.236 e. The summed E-state index contributed by atoms with van der Waals surface area (Å²) < 4.78 is 0. The molecule has 0 aromatic rings. The van der Waals surface area contributed by atoms with Crippen molar-refractivity contribution < 1.29 is 4.79 Å². The number of hydrogen-bond acceptors (Lipinski definition) is 1. The molecule has 2 rings (SSSR count). The lowest BCUT2D eigenvalue weighted by atomic mass is 9.79. The molecule has 2 nitrogen and oxygen atoms in total. The molecule has 1 saturated heterocycles. The molecule has 0 radical (unpaired) electrons. The normalized spacial score (nSPS) is 42.3. The van der Waals surface area contributed by atoms with Crippen molar-refractivity contribution in [1.82, 2.24) is 4.90 Å². The molecule has 4 atom stereocenters. The van der Waals surface area contributed by atoms with Gasteiger partial charge >= 0.3 is 0 Å². The Morgan fingerprint density at radius 1 is 1.27 bits per heavy atom. The quantitative estimate of drug-likeness (QED) is 0.673. The summed E-state index contributed by atoms with van der Waals surface area (Å²) >= 11 is 3.45. The van der Waals surface area contributed by atoms with Crippen molar-refractivity contribution in [3.63, 3.8) is 0 Å². The third kappa shape index (κ3) is 2.22. The Kier molecular flexibility index (Phi) is 3.39. The largest absolute Gasteiger partial charge is 0.338 e. The van der Waals surface area contributed by atoms with Crippen LogP contribution in [0.15, 0.2) is 0 Å². The van der Waals surface area contributed by atoms with Crippen LogP contribution in [0.2, 0.25) is 0 Å². The van der Waals surface area contributed by atoms with E-state index in [-0.39, 0.29) is 4.83 Å². The van der Waals surface area contributed by atoms with E-state index in [1.165, 1.54) is 19.3 Å². The van der Waals surface area contributed by atoms with Gasteiger partial charge in [0.2, 0.25) is 5.91 Å². The van der Waals surface area contributed by atoms with Gasteiger partial charge in [-0.25, -0.2) is 0 Å². The van der Waals surface area contributed by atoms with Crippen molar-refractivity contribution in [3.8, 4) is 0 Å². The molecule has 0 N–H and O–H groups in total. The van der Waals surface area contributed by atoms with E-state index in [1.54, 1.807) is 0 Å². The Labute approximate surface area is 101 Å². The molecule has 1 amide bonds. The van der Waals surface area contributed by atoms with Gasteiger partial charge in [0.05, 0.1) is 4.83 Å². The third-order valence-electron chi connectivity index (χ3n) is 3.96. The van der Waals surface area contributed by atoms with Gasteiger partial charge < -0.3 is 4.90 Å². The Morgan fingerprint density at radius 2 is 2.00 bits per heavy atom. The fraction of sp³-hybridized carbons (Fsp3) is 0.917. The van der Waals surface area contributed by atoms with Crippen LogP contribution in [0.1, 0.15) is 39.5 Å². The van der Waals surface area contributed by atoms with Crippen LogP contribution < -0.4 is 0 Å². The lowest BCUT2D eigenvalue weighted by molar-refractivity contribution is -0.130. The number of amides is 1. The first-order valence-electron chi connectivity index (χ1n) is 6.04. The highest BCUT2D eigenvalue weighted by atomic mass is 79.9. The summed E-state index contributed by atoms with van der Waals surface area (Å²) in [4.78, 5) is 14.1. The predicted octanol–water partition coefficient (Wildman–Crippen LogP) is 2.81. The van der Waals surface area contributed by atoms with Crippen molar-refractivity contribution in [3.05, 3.63) is 0 Å². The zero-order valence-corrected chi connectivity index (χ0v) is 11.2. The first-order valence-corrected chi connectivity index (χ1v) is 6.95. The fourth-order valence-electron chi connectivity index (χ4n) is 3.11. The molecule has 1 aliphatic heterocycles. The minimum atomic E-state index is 0.0871. The van der Waals surface area contributed by atoms with E-state index < -0.39 is 0 Å². The second-order valence-electron chi connectivity index (χ2n) is 5.25. The van der Waals surface area contributed by atoms with E-state index in [0.29, 0.717) is 17.9 Å². The molecule has 15 heavy (non-hydrogen) atoms. The van der Waals surface area contributed by atoms with Crippen LogP contribution in [-0.2, 0) is 4.79 Å².